The lowest BCUT2D eigenvalue weighted by atomic mass is 10.1. The van der Waals surface area contributed by atoms with Crippen LogP contribution >= 0.6 is 15.9 Å². The third-order valence-electron chi connectivity index (χ3n) is 3.39. The first-order valence-corrected chi connectivity index (χ1v) is 7.76. The van der Waals surface area contributed by atoms with Crippen molar-refractivity contribution in [1.82, 2.24) is 5.32 Å². The highest BCUT2D eigenvalue weighted by Crippen LogP contribution is 2.29. The molecular formula is C17H15BrF3NO. The molecule has 0 aliphatic heterocycles. The standard InChI is InChI=1S/C17H15BrF3NO/c1-11(13-4-6-14(7-5-13)17(19,20)21)22-16(23)10-12-2-8-15(18)9-3-12/h2-9,11H,10H2,1H3,(H,22,23)/t11-/m0/s1. The molecule has 2 aromatic rings. The first-order valence-electron chi connectivity index (χ1n) is 6.96. The number of benzene rings is 2. The fraction of sp³-hybridized carbons (Fsp3) is 0.235. The van der Waals surface area contributed by atoms with Crippen LogP contribution in [0.1, 0.15) is 29.7 Å². The van der Waals surface area contributed by atoms with E-state index in [0.29, 0.717) is 5.56 Å². The monoisotopic (exact) mass is 385 g/mol. The molecule has 0 saturated carbocycles. The van der Waals surface area contributed by atoms with E-state index < -0.39 is 11.7 Å². The molecule has 0 spiro atoms. The maximum Gasteiger partial charge on any atom is 0.416 e. The van der Waals surface area contributed by atoms with E-state index in [-0.39, 0.29) is 18.4 Å². The Bertz CT molecular complexity index is 666. The lowest BCUT2D eigenvalue weighted by Gasteiger charge is -2.15. The second kappa shape index (κ2) is 7.17. The van der Waals surface area contributed by atoms with Crippen LogP contribution in [0.3, 0.4) is 0 Å². The van der Waals surface area contributed by atoms with Gasteiger partial charge in [-0.1, -0.05) is 40.2 Å². The number of halogens is 4. The van der Waals surface area contributed by atoms with E-state index in [4.69, 9.17) is 0 Å². The Morgan fingerprint density at radius 2 is 1.65 bits per heavy atom. The van der Waals surface area contributed by atoms with Gasteiger partial charge in [-0.05, 0) is 42.3 Å². The normalized spacial score (nSPS) is 12.7. The van der Waals surface area contributed by atoms with Gasteiger partial charge in [0.25, 0.3) is 0 Å². The molecule has 1 N–H and O–H groups in total. The van der Waals surface area contributed by atoms with Crippen molar-refractivity contribution in [3.8, 4) is 0 Å². The summed E-state index contributed by atoms with van der Waals surface area (Å²) in [7, 11) is 0. The maximum absolute atomic E-state index is 12.5. The summed E-state index contributed by atoms with van der Waals surface area (Å²) in [5, 5.41) is 2.79. The quantitative estimate of drug-likeness (QED) is 0.797. The molecule has 2 rings (SSSR count). The molecule has 0 saturated heterocycles. The summed E-state index contributed by atoms with van der Waals surface area (Å²) in [6.45, 7) is 1.74. The average molecular weight is 386 g/mol. The first kappa shape index (κ1) is 17.5. The summed E-state index contributed by atoms with van der Waals surface area (Å²) < 4.78 is 38.5. The highest BCUT2D eigenvalue weighted by Gasteiger charge is 2.30. The van der Waals surface area contributed by atoms with Gasteiger partial charge in [0.05, 0.1) is 18.0 Å². The van der Waals surface area contributed by atoms with Crippen LogP contribution in [0.2, 0.25) is 0 Å². The molecule has 2 aromatic carbocycles. The summed E-state index contributed by atoms with van der Waals surface area (Å²) in [5.74, 6) is -0.181. The topological polar surface area (TPSA) is 29.1 Å². The number of alkyl halides is 3. The number of carbonyl (C=O) groups excluding carboxylic acids is 1. The van der Waals surface area contributed by atoms with E-state index in [9.17, 15) is 18.0 Å². The highest BCUT2D eigenvalue weighted by molar-refractivity contribution is 9.10. The van der Waals surface area contributed by atoms with Crippen LogP contribution in [0.4, 0.5) is 13.2 Å². The molecule has 1 amide bonds. The number of hydrogen-bond donors (Lipinski definition) is 1. The van der Waals surface area contributed by atoms with E-state index in [1.807, 2.05) is 24.3 Å². The second-order valence-electron chi connectivity index (χ2n) is 5.21. The van der Waals surface area contributed by atoms with Crippen molar-refractivity contribution in [2.24, 2.45) is 0 Å². The van der Waals surface area contributed by atoms with Crippen molar-refractivity contribution in [1.29, 1.82) is 0 Å². The molecule has 0 heterocycles. The fourth-order valence-corrected chi connectivity index (χ4v) is 2.39. The molecule has 0 fully saturated rings. The number of amides is 1. The van der Waals surface area contributed by atoms with Crippen LogP contribution in [0.15, 0.2) is 53.0 Å². The molecule has 0 unspecified atom stereocenters. The van der Waals surface area contributed by atoms with Gasteiger partial charge in [0, 0.05) is 4.47 Å². The minimum atomic E-state index is -4.35. The minimum Gasteiger partial charge on any atom is -0.349 e. The fourth-order valence-electron chi connectivity index (χ4n) is 2.12. The number of hydrogen-bond acceptors (Lipinski definition) is 1. The van der Waals surface area contributed by atoms with Crippen molar-refractivity contribution in [2.45, 2.75) is 25.6 Å². The Morgan fingerprint density at radius 1 is 1.09 bits per heavy atom. The third-order valence-corrected chi connectivity index (χ3v) is 3.92. The van der Waals surface area contributed by atoms with Crippen LogP contribution in [-0.4, -0.2) is 5.91 Å². The van der Waals surface area contributed by atoms with Crippen LogP contribution in [0.5, 0.6) is 0 Å². The van der Waals surface area contributed by atoms with Gasteiger partial charge in [-0.25, -0.2) is 0 Å². The lowest BCUT2D eigenvalue weighted by Crippen LogP contribution is -2.28. The van der Waals surface area contributed by atoms with Gasteiger partial charge in [-0.15, -0.1) is 0 Å². The zero-order valence-corrected chi connectivity index (χ0v) is 13.9. The minimum absolute atomic E-state index is 0.181. The molecule has 0 aliphatic carbocycles. The lowest BCUT2D eigenvalue weighted by molar-refractivity contribution is -0.137. The predicted octanol–water partition coefficient (Wildman–Crippen LogP) is 4.89. The zero-order valence-electron chi connectivity index (χ0n) is 12.3. The average Bonchev–Trinajstić information content (AvgIpc) is 2.49. The largest absolute Gasteiger partial charge is 0.416 e. The summed E-state index contributed by atoms with van der Waals surface area (Å²) in [6, 6.07) is 11.8. The van der Waals surface area contributed by atoms with Gasteiger partial charge >= 0.3 is 6.18 Å². The van der Waals surface area contributed by atoms with Crippen molar-refractivity contribution >= 4 is 21.8 Å². The smallest absolute Gasteiger partial charge is 0.349 e. The number of nitrogens with one attached hydrogen (secondary N) is 1. The van der Waals surface area contributed by atoms with Gasteiger partial charge in [0.15, 0.2) is 0 Å². The Morgan fingerprint density at radius 3 is 2.17 bits per heavy atom. The van der Waals surface area contributed by atoms with E-state index in [1.54, 1.807) is 6.92 Å². The summed E-state index contributed by atoms with van der Waals surface area (Å²) >= 11 is 3.32. The van der Waals surface area contributed by atoms with Crippen LogP contribution in [0, 0.1) is 0 Å². The predicted molar refractivity (Wildman–Crippen MR) is 85.8 cm³/mol. The van der Waals surface area contributed by atoms with Crippen LogP contribution in [0.25, 0.3) is 0 Å². The highest BCUT2D eigenvalue weighted by atomic mass is 79.9. The van der Waals surface area contributed by atoms with Gasteiger partial charge < -0.3 is 5.32 Å². The van der Waals surface area contributed by atoms with Gasteiger partial charge in [-0.3, -0.25) is 4.79 Å². The van der Waals surface area contributed by atoms with Gasteiger partial charge in [0.1, 0.15) is 0 Å². The van der Waals surface area contributed by atoms with Crippen molar-refractivity contribution in [3.63, 3.8) is 0 Å². The summed E-state index contributed by atoms with van der Waals surface area (Å²) in [5.41, 5.74) is 0.794. The molecule has 2 nitrogen and oxygen atoms in total. The molecule has 6 heteroatoms. The SMILES string of the molecule is C[C@H](NC(=O)Cc1ccc(Br)cc1)c1ccc(C(F)(F)F)cc1. The maximum atomic E-state index is 12.5. The van der Waals surface area contributed by atoms with Crippen LogP contribution in [-0.2, 0) is 17.4 Å². The van der Waals surface area contributed by atoms with E-state index in [0.717, 1.165) is 22.2 Å². The molecule has 23 heavy (non-hydrogen) atoms. The molecule has 0 radical (unpaired) electrons. The van der Waals surface area contributed by atoms with Crippen molar-refractivity contribution in [3.05, 3.63) is 69.7 Å². The zero-order chi connectivity index (χ0) is 17.0. The molecule has 0 bridgehead atoms. The molecule has 0 aliphatic rings. The Kier molecular flexibility index (Phi) is 5.46. The second-order valence-corrected chi connectivity index (χ2v) is 6.13. The summed E-state index contributed by atoms with van der Waals surface area (Å²) in [6.07, 6.45) is -4.13. The van der Waals surface area contributed by atoms with Crippen LogP contribution < -0.4 is 5.32 Å². The Balaban J connectivity index is 1.96. The number of carbonyl (C=O) groups is 1. The van der Waals surface area contributed by atoms with E-state index in [2.05, 4.69) is 21.2 Å². The Hall–Kier alpha value is -1.82. The van der Waals surface area contributed by atoms with Crippen molar-refractivity contribution < 1.29 is 18.0 Å². The first-order chi connectivity index (χ1) is 10.8. The molecule has 0 aromatic heterocycles. The van der Waals surface area contributed by atoms with Gasteiger partial charge in [0.2, 0.25) is 5.91 Å². The Labute approximate surface area is 140 Å². The number of rotatable bonds is 4. The van der Waals surface area contributed by atoms with Gasteiger partial charge in [-0.2, -0.15) is 13.2 Å². The van der Waals surface area contributed by atoms with Crippen molar-refractivity contribution in [2.75, 3.05) is 0 Å². The molecular weight excluding hydrogens is 371 g/mol. The molecule has 122 valence electrons. The molecule has 1 atom stereocenters. The third kappa shape index (κ3) is 5.10. The van der Waals surface area contributed by atoms with E-state index >= 15 is 0 Å². The summed E-state index contributed by atoms with van der Waals surface area (Å²) in [4.78, 5) is 12.0. The van der Waals surface area contributed by atoms with E-state index in [1.165, 1.54) is 12.1 Å².